The number of nitrogens with one attached hydrogen (secondary N) is 1. The number of benzene rings is 1. The van der Waals surface area contributed by atoms with E-state index in [-0.39, 0.29) is 0 Å². The van der Waals surface area contributed by atoms with Crippen LogP contribution in [0.4, 0.5) is 0 Å². The third-order valence-electron chi connectivity index (χ3n) is 2.96. The fourth-order valence-corrected chi connectivity index (χ4v) is 2.61. The van der Waals surface area contributed by atoms with Gasteiger partial charge in [-0.15, -0.1) is 5.10 Å². The lowest BCUT2D eigenvalue weighted by atomic mass is 10.0. The molecule has 0 atom stereocenters. The molecule has 0 amide bonds. The van der Waals surface area contributed by atoms with Gasteiger partial charge in [-0.2, -0.15) is 0 Å². The maximum atomic E-state index is 5.02. The molecule has 1 N–H and O–H groups in total. The van der Waals surface area contributed by atoms with Gasteiger partial charge in [0.25, 0.3) is 0 Å². The fourth-order valence-electron chi connectivity index (χ4n) is 1.99. The molecule has 0 unspecified atom stereocenters. The van der Waals surface area contributed by atoms with Gasteiger partial charge in [0.15, 0.2) is 0 Å². The lowest BCUT2D eigenvalue weighted by Gasteiger charge is -2.07. The van der Waals surface area contributed by atoms with Crippen LogP contribution in [0.5, 0.6) is 0 Å². The van der Waals surface area contributed by atoms with Gasteiger partial charge in [0.2, 0.25) is 0 Å². The maximum absolute atomic E-state index is 5.02. The van der Waals surface area contributed by atoms with Gasteiger partial charge in [-0.25, -0.2) is 0 Å². The van der Waals surface area contributed by atoms with Crippen molar-refractivity contribution in [2.75, 3.05) is 20.3 Å². The molecule has 2 aromatic rings. The van der Waals surface area contributed by atoms with E-state index in [0.29, 0.717) is 6.61 Å². The standard InChI is InChI=1S/C14H19N3OS/c1-10-4-5-12(11(2)8-10)14-13(19-17-16-14)9-15-6-7-18-3/h4-5,8,15H,6-7,9H2,1-3H3. The highest BCUT2D eigenvalue weighted by Crippen LogP contribution is 2.27. The average molecular weight is 277 g/mol. The van der Waals surface area contributed by atoms with E-state index in [1.54, 1.807) is 7.11 Å². The number of hydrogen-bond acceptors (Lipinski definition) is 5. The van der Waals surface area contributed by atoms with E-state index in [9.17, 15) is 0 Å². The summed E-state index contributed by atoms with van der Waals surface area (Å²) in [6.07, 6.45) is 0. The van der Waals surface area contributed by atoms with Crippen LogP contribution in [0.25, 0.3) is 11.3 Å². The Bertz CT molecular complexity index is 539. The molecule has 1 heterocycles. The van der Waals surface area contributed by atoms with Gasteiger partial charge < -0.3 is 10.1 Å². The second-order valence-corrected chi connectivity index (χ2v) is 5.37. The molecule has 102 valence electrons. The Kier molecular flexibility index (Phi) is 5.01. The Morgan fingerprint density at radius 1 is 1.32 bits per heavy atom. The minimum atomic E-state index is 0.713. The van der Waals surface area contributed by atoms with E-state index in [1.165, 1.54) is 33.1 Å². The van der Waals surface area contributed by atoms with Gasteiger partial charge in [0, 0.05) is 25.8 Å². The smallest absolute Gasteiger partial charge is 0.110 e. The van der Waals surface area contributed by atoms with Gasteiger partial charge in [0.05, 0.1) is 11.5 Å². The molecule has 0 saturated heterocycles. The molecular weight excluding hydrogens is 258 g/mol. The third-order valence-corrected chi connectivity index (χ3v) is 3.68. The van der Waals surface area contributed by atoms with Crippen LogP contribution in [-0.4, -0.2) is 29.8 Å². The van der Waals surface area contributed by atoms with Crippen LogP contribution in [0.2, 0.25) is 0 Å². The number of nitrogens with zero attached hydrogens (tertiary/aromatic N) is 2. The molecule has 2 rings (SSSR count). The van der Waals surface area contributed by atoms with Crippen LogP contribution in [0.3, 0.4) is 0 Å². The zero-order valence-corrected chi connectivity index (χ0v) is 12.4. The molecule has 0 aliphatic carbocycles. The van der Waals surface area contributed by atoms with Crippen molar-refractivity contribution in [3.05, 3.63) is 34.2 Å². The second-order valence-electron chi connectivity index (χ2n) is 4.53. The van der Waals surface area contributed by atoms with Gasteiger partial charge in [-0.05, 0) is 30.9 Å². The van der Waals surface area contributed by atoms with Crippen LogP contribution >= 0.6 is 11.5 Å². The fraction of sp³-hybridized carbons (Fsp3) is 0.429. The van der Waals surface area contributed by atoms with E-state index in [0.717, 1.165) is 18.8 Å². The number of aryl methyl sites for hydroxylation is 2. The predicted octanol–water partition coefficient (Wildman–Crippen LogP) is 2.56. The Balaban J connectivity index is 2.14. The highest BCUT2D eigenvalue weighted by atomic mass is 32.1. The summed E-state index contributed by atoms with van der Waals surface area (Å²) < 4.78 is 9.10. The first-order valence-corrected chi connectivity index (χ1v) is 7.08. The van der Waals surface area contributed by atoms with Crippen molar-refractivity contribution in [2.45, 2.75) is 20.4 Å². The van der Waals surface area contributed by atoms with E-state index in [1.807, 2.05) is 0 Å². The normalized spacial score (nSPS) is 10.9. The van der Waals surface area contributed by atoms with Crippen LogP contribution in [-0.2, 0) is 11.3 Å². The molecular formula is C14H19N3OS. The number of rotatable bonds is 6. The average Bonchev–Trinajstić information content (AvgIpc) is 2.83. The molecule has 0 fully saturated rings. The summed E-state index contributed by atoms with van der Waals surface area (Å²) >= 11 is 1.45. The van der Waals surface area contributed by atoms with E-state index in [4.69, 9.17) is 4.74 Å². The summed E-state index contributed by atoms with van der Waals surface area (Å²) in [6.45, 7) is 6.54. The van der Waals surface area contributed by atoms with E-state index in [2.05, 4.69) is 47.0 Å². The summed E-state index contributed by atoms with van der Waals surface area (Å²) in [7, 11) is 1.71. The van der Waals surface area contributed by atoms with Crippen LogP contribution in [0.1, 0.15) is 16.0 Å². The Morgan fingerprint density at radius 2 is 2.16 bits per heavy atom. The monoisotopic (exact) mass is 277 g/mol. The van der Waals surface area contributed by atoms with Crippen LogP contribution in [0.15, 0.2) is 18.2 Å². The van der Waals surface area contributed by atoms with Crippen molar-refractivity contribution in [1.82, 2.24) is 14.9 Å². The van der Waals surface area contributed by atoms with Gasteiger partial charge in [-0.3, -0.25) is 0 Å². The molecule has 0 bridgehead atoms. The topological polar surface area (TPSA) is 47.0 Å². The number of aromatic nitrogens is 2. The minimum absolute atomic E-state index is 0.713. The molecule has 0 saturated carbocycles. The summed E-state index contributed by atoms with van der Waals surface area (Å²) in [4.78, 5) is 1.17. The van der Waals surface area contributed by atoms with Crippen molar-refractivity contribution in [1.29, 1.82) is 0 Å². The van der Waals surface area contributed by atoms with Crippen LogP contribution < -0.4 is 5.32 Å². The highest BCUT2D eigenvalue weighted by molar-refractivity contribution is 7.05. The molecule has 19 heavy (non-hydrogen) atoms. The Morgan fingerprint density at radius 3 is 2.89 bits per heavy atom. The molecule has 0 aliphatic heterocycles. The van der Waals surface area contributed by atoms with Crippen molar-refractivity contribution >= 4 is 11.5 Å². The molecule has 1 aromatic carbocycles. The number of hydrogen-bond donors (Lipinski definition) is 1. The summed E-state index contributed by atoms with van der Waals surface area (Å²) in [6, 6.07) is 6.42. The first-order valence-electron chi connectivity index (χ1n) is 6.31. The quantitative estimate of drug-likeness (QED) is 0.824. The minimum Gasteiger partial charge on any atom is -0.383 e. The predicted molar refractivity (Wildman–Crippen MR) is 78.4 cm³/mol. The lowest BCUT2D eigenvalue weighted by molar-refractivity contribution is 0.199. The largest absolute Gasteiger partial charge is 0.383 e. The zero-order chi connectivity index (χ0) is 13.7. The molecule has 0 radical (unpaired) electrons. The van der Waals surface area contributed by atoms with Crippen molar-refractivity contribution in [2.24, 2.45) is 0 Å². The molecule has 0 aliphatic rings. The second kappa shape index (κ2) is 6.75. The molecule has 5 heteroatoms. The van der Waals surface area contributed by atoms with E-state index < -0.39 is 0 Å². The van der Waals surface area contributed by atoms with Crippen molar-refractivity contribution in [3.8, 4) is 11.3 Å². The number of methoxy groups -OCH3 is 1. The first-order chi connectivity index (χ1) is 9.22. The van der Waals surface area contributed by atoms with Gasteiger partial charge >= 0.3 is 0 Å². The lowest BCUT2D eigenvalue weighted by Crippen LogP contribution is -2.18. The maximum Gasteiger partial charge on any atom is 0.110 e. The van der Waals surface area contributed by atoms with Gasteiger partial charge in [0.1, 0.15) is 5.69 Å². The van der Waals surface area contributed by atoms with E-state index >= 15 is 0 Å². The first kappa shape index (κ1) is 14.1. The SMILES string of the molecule is COCCNCc1snnc1-c1ccc(C)cc1C. The number of ether oxygens (including phenoxy) is 1. The molecule has 1 aromatic heterocycles. The molecule has 0 spiro atoms. The summed E-state index contributed by atoms with van der Waals surface area (Å²) in [5.74, 6) is 0. The van der Waals surface area contributed by atoms with Gasteiger partial charge in [-0.1, -0.05) is 28.3 Å². The Hall–Kier alpha value is -1.30. The molecule has 4 nitrogen and oxygen atoms in total. The van der Waals surface area contributed by atoms with Crippen molar-refractivity contribution in [3.63, 3.8) is 0 Å². The Labute approximate surface area is 118 Å². The van der Waals surface area contributed by atoms with Crippen LogP contribution in [0, 0.1) is 13.8 Å². The summed E-state index contributed by atoms with van der Waals surface area (Å²) in [5.41, 5.74) is 4.67. The van der Waals surface area contributed by atoms with Crippen molar-refractivity contribution < 1.29 is 4.74 Å². The zero-order valence-electron chi connectivity index (χ0n) is 11.6. The third kappa shape index (κ3) is 3.59. The summed E-state index contributed by atoms with van der Waals surface area (Å²) in [5, 5.41) is 7.61. The highest BCUT2D eigenvalue weighted by Gasteiger charge is 2.12.